The van der Waals surface area contributed by atoms with Gasteiger partial charge < -0.3 is 9.47 Å². The molecule has 0 radical (unpaired) electrons. The van der Waals surface area contributed by atoms with Gasteiger partial charge in [0.1, 0.15) is 5.75 Å². The summed E-state index contributed by atoms with van der Waals surface area (Å²) in [5, 5.41) is 0. The van der Waals surface area contributed by atoms with Gasteiger partial charge in [0, 0.05) is 6.04 Å². The first-order valence-corrected chi connectivity index (χ1v) is 9.38. The van der Waals surface area contributed by atoms with Crippen molar-refractivity contribution < 1.29 is 31.5 Å². The second-order valence-corrected chi connectivity index (χ2v) is 7.45. The van der Waals surface area contributed by atoms with Crippen LogP contribution in [0.1, 0.15) is 34.5 Å². The van der Waals surface area contributed by atoms with Gasteiger partial charge in [-0.05, 0) is 55.3 Å². The van der Waals surface area contributed by atoms with Crippen molar-refractivity contribution in [3.8, 4) is 5.75 Å². The standard InChI is InChI=1S/C18H19F2NO5S/c1-11-9-14(17(22)25-3)7-8-16(11)27(23,24)21-12(2)13-5-4-6-15(10-13)26-18(19)20/h4-10,12,18,21H,1-3H3. The van der Waals surface area contributed by atoms with Crippen molar-refractivity contribution in [1.29, 1.82) is 0 Å². The van der Waals surface area contributed by atoms with Crippen LogP contribution in [0.15, 0.2) is 47.4 Å². The summed E-state index contributed by atoms with van der Waals surface area (Å²) in [6.07, 6.45) is 0. The number of methoxy groups -OCH3 is 1. The molecule has 0 saturated carbocycles. The molecule has 27 heavy (non-hydrogen) atoms. The number of carbonyl (C=O) groups is 1. The van der Waals surface area contributed by atoms with E-state index in [2.05, 4.69) is 14.2 Å². The lowest BCUT2D eigenvalue weighted by atomic mass is 10.1. The molecule has 0 aliphatic rings. The van der Waals surface area contributed by atoms with Crippen molar-refractivity contribution >= 4 is 16.0 Å². The van der Waals surface area contributed by atoms with Gasteiger partial charge in [0.15, 0.2) is 0 Å². The molecule has 0 saturated heterocycles. The minimum Gasteiger partial charge on any atom is -0.465 e. The highest BCUT2D eigenvalue weighted by Gasteiger charge is 2.22. The molecule has 2 aromatic rings. The Bertz CT molecular complexity index is 931. The molecule has 1 unspecified atom stereocenters. The summed E-state index contributed by atoms with van der Waals surface area (Å²) in [5.74, 6) is -0.633. The number of hydrogen-bond acceptors (Lipinski definition) is 5. The highest BCUT2D eigenvalue weighted by molar-refractivity contribution is 7.89. The van der Waals surface area contributed by atoms with Gasteiger partial charge in [-0.1, -0.05) is 12.1 Å². The Morgan fingerprint density at radius 3 is 2.44 bits per heavy atom. The van der Waals surface area contributed by atoms with Crippen molar-refractivity contribution in [1.82, 2.24) is 4.72 Å². The van der Waals surface area contributed by atoms with Crippen molar-refractivity contribution in [3.05, 3.63) is 59.2 Å². The molecule has 1 atom stereocenters. The first-order chi connectivity index (χ1) is 12.6. The number of alkyl halides is 2. The van der Waals surface area contributed by atoms with Crippen LogP contribution >= 0.6 is 0 Å². The fourth-order valence-corrected chi connectivity index (χ4v) is 3.98. The Labute approximate surface area is 156 Å². The Hall–Kier alpha value is -2.52. The van der Waals surface area contributed by atoms with Gasteiger partial charge in [-0.3, -0.25) is 0 Å². The number of rotatable bonds is 7. The summed E-state index contributed by atoms with van der Waals surface area (Å²) >= 11 is 0. The van der Waals surface area contributed by atoms with Gasteiger partial charge in [-0.25, -0.2) is 17.9 Å². The van der Waals surface area contributed by atoms with E-state index in [1.165, 1.54) is 43.5 Å². The van der Waals surface area contributed by atoms with Crippen molar-refractivity contribution in [2.75, 3.05) is 7.11 Å². The Morgan fingerprint density at radius 2 is 1.85 bits per heavy atom. The fraction of sp³-hybridized carbons (Fsp3) is 0.278. The molecular weight excluding hydrogens is 380 g/mol. The number of halogens is 2. The van der Waals surface area contributed by atoms with Gasteiger partial charge in [0.2, 0.25) is 10.0 Å². The monoisotopic (exact) mass is 399 g/mol. The van der Waals surface area contributed by atoms with E-state index < -0.39 is 28.6 Å². The minimum absolute atomic E-state index is 0.00184. The molecule has 0 aromatic heterocycles. The average molecular weight is 399 g/mol. The molecule has 0 fully saturated rings. The number of nitrogens with one attached hydrogen (secondary N) is 1. The second-order valence-electron chi connectivity index (χ2n) is 5.77. The zero-order valence-corrected chi connectivity index (χ0v) is 15.7. The van der Waals surface area contributed by atoms with Crippen LogP contribution in [0.4, 0.5) is 8.78 Å². The number of aryl methyl sites for hydroxylation is 1. The number of benzene rings is 2. The molecule has 0 heterocycles. The molecule has 9 heteroatoms. The molecule has 2 rings (SSSR count). The molecule has 0 amide bonds. The molecular formula is C18H19F2NO5S. The molecule has 6 nitrogen and oxygen atoms in total. The summed E-state index contributed by atoms with van der Waals surface area (Å²) in [4.78, 5) is 11.5. The summed E-state index contributed by atoms with van der Waals surface area (Å²) in [6, 6.07) is 9.17. The Kier molecular flexibility index (Phi) is 6.50. The van der Waals surface area contributed by atoms with E-state index in [1.54, 1.807) is 19.9 Å². The maximum absolute atomic E-state index is 12.7. The van der Waals surface area contributed by atoms with E-state index in [0.717, 1.165) is 0 Å². The lowest BCUT2D eigenvalue weighted by molar-refractivity contribution is -0.0499. The largest absolute Gasteiger partial charge is 0.465 e. The van der Waals surface area contributed by atoms with Crippen LogP contribution in [0.25, 0.3) is 0 Å². The van der Waals surface area contributed by atoms with Crippen molar-refractivity contribution in [2.45, 2.75) is 31.4 Å². The predicted octanol–water partition coefficient (Wildman–Crippen LogP) is 3.42. The van der Waals surface area contributed by atoms with Crippen LogP contribution in [0.3, 0.4) is 0 Å². The van der Waals surface area contributed by atoms with Crippen molar-refractivity contribution in [3.63, 3.8) is 0 Å². The highest BCUT2D eigenvalue weighted by Crippen LogP contribution is 2.24. The first-order valence-electron chi connectivity index (χ1n) is 7.90. The smallest absolute Gasteiger partial charge is 0.387 e. The zero-order chi connectivity index (χ0) is 20.2. The fourth-order valence-electron chi connectivity index (χ4n) is 2.52. The zero-order valence-electron chi connectivity index (χ0n) is 14.9. The SMILES string of the molecule is COC(=O)c1ccc(S(=O)(=O)NC(C)c2cccc(OC(F)F)c2)c(C)c1. The van der Waals surface area contributed by atoms with Crippen LogP contribution in [-0.2, 0) is 14.8 Å². The lowest BCUT2D eigenvalue weighted by Crippen LogP contribution is -2.27. The van der Waals surface area contributed by atoms with Crippen LogP contribution in [0.5, 0.6) is 5.75 Å². The number of ether oxygens (including phenoxy) is 2. The molecule has 1 N–H and O–H groups in total. The van der Waals surface area contributed by atoms with E-state index in [9.17, 15) is 22.0 Å². The molecule has 0 aliphatic carbocycles. The topological polar surface area (TPSA) is 81.7 Å². The van der Waals surface area contributed by atoms with E-state index in [4.69, 9.17) is 0 Å². The first kappa shape index (κ1) is 20.8. The molecule has 2 aromatic carbocycles. The maximum Gasteiger partial charge on any atom is 0.387 e. The summed E-state index contributed by atoms with van der Waals surface area (Å²) in [7, 11) is -2.68. The Balaban J connectivity index is 2.24. The number of hydrogen-bond donors (Lipinski definition) is 1. The predicted molar refractivity (Wildman–Crippen MR) is 94.3 cm³/mol. The highest BCUT2D eigenvalue weighted by atomic mass is 32.2. The van der Waals surface area contributed by atoms with Gasteiger partial charge in [-0.15, -0.1) is 0 Å². The minimum atomic E-state index is -3.91. The van der Waals surface area contributed by atoms with Crippen LogP contribution in [0.2, 0.25) is 0 Å². The van der Waals surface area contributed by atoms with Gasteiger partial charge in [0.05, 0.1) is 17.6 Å². The van der Waals surface area contributed by atoms with Crippen molar-refractivity contribution in [2.24, 2.45) is 0 Å². The average Bonchev–Trinajstić information content (AvgIpc) is 2.60. The van der Waals surface area contributed by atoms with E-state index in [1.807, 2.05) is 0 Å². The number of carbonyl (C=O) groups excluding carboxylic acids is 1. The van der Waals surface area contributed by atoms with Crippen LogP contribution in [-0.4, -0.2) is 28.1 Å². The summed E-state index contributed by atoms with van der Waals surface area (Å²) < 4.78 is 61.4. The molecule has 0 spiro atoms. The molecule has 0 aliphatic heterocycles. The third kappa shape index (κ3) is 5.24. The van der Waals surface area contributed by atoms with E-state index >= 15 is 0 Å². The summed E-state index contributed by atoms with van der Waals surface area (Å²) in [6.45, 7) is 0.170. The summed E-state index contributed by atoms with van der Waals surface area (Å²) in [5.41, 5.74) is 1.06. The van der Waals surface area contributed by atoms with Gasteiger partial charge in [0.25, 0.3) is 0 Å². The van der Waals surface area contributed by atoms with Crippen LogP contribution in [0, 0.1) is 6.92 Å². The molecule has 0 bridgehead atoms. The van der Waals surface area contributed by atoms with Gasteiger partial charge in [-0.2, -0.15) is 8.78 Å². The third-order valence-electron chi connectivity index (χ3n) is 3.80. The van der Waals surface area contributed by atoms with E-state index in [-0.39, 0.29) is 16.2 Å². The third-order valence-corrected chi connectivity index (χ3v) is 5.50. The normalized spacial score (nSPS) is 12.7. The number of sulfonamides is 1. The van der Waals surface area contributed by atoms with Crippen LogP contribution < -0.4 is 9.46 Å². The lowest BCUT2D eigenvalue weighted by Gasteiger charge is -2.17. The quantitative estimate of drug-likeness (QED) is 0.722. The second kappa shape index (κ2) is 8.45. The maximum atomic E-state index is 12.7. The Morgan fingerprint density at radius 1 is 1.15 bits per heavy atom. The molecule has 146 valence electrons. The van der Waals surface area contributed by atoms with E-state index in [0.29, 0.717) is 11.1 Å². The van der Waals surface area contributed by atoms with Gasteiger partial charge >= 0.3 is 12.6 Å². The number of esters is 1.